The van der Waals surface area contributed by atoms with Crippen molar-refractivity contribution in [3.63, 3.8) is 0 Å². The van der Waals surface area contributed by atoms with Crippen LogP contribution in [-0.2, 0) is 4.79 Å². The van der Waals surface area contributed by atoms with Gasteiger partial charge < -0.3 is 10.2 Å². The minimum absolute atomic E-state index is 0.442. The van der Waals surface area contributed by atoms with Crippen molar-refractivity contribution in [3.8, 4) is 0 Å². The summed E-state index contributed by atoms with van der Waals surface area (Å²) in [7, 11) is 0. The second-order valence-corrected chi connectivity index (χ2v) is 6.67. The van der Waals surface area contributed by atoms with Gasteiger partial charge in [0.1, 0.15) is 0 Å². The van der Waals surface area contributed by atoms with Crippen LogP contribution in [0.1, 0.15) is 51.4 Å². The smallest absolute Gasteiger partial charge is 0.222 e. The number of nitrogens with zero attached hydrogens (tertiary/aromatic N) is 1. The van der Waals surface area contributed by atoms with E-state index in [1.54, 1.807) is 0 Å². The van der Waals surface area contributed by atoms with Crippen LogP contribution in [0.15, 0.2) is 0 Å². The number of nitrogens with one attached hydrogen (secondary N) is 1. The molecule has 3 fully saturated rings. The fourth-order valence-corrected chi connectivity index (χ4v) is 4.10. The van der Waals surface area contributed by atoms with Crippen molar-refractivity contribution in [2.75, 3.05) is 26.2 Å². The summed E-state index contributed by atoms with van der Waals surface area (Å²) in [4.78, 5) is 14.5. The zero-order valence-electron chi connectivity index (χ0n) is 11.4. The first-order valence-electron chi connectivity index (χ1n) is 7.76. The van der Waals surface area contributed by atoms with Gasteiger partial charge in [-0.3, -0.25) is 4.79 Å². The Balaban J connectivity index is 1.52. The van der Waals surface area contributed by atoms with Crippen LogP contribution in [0.2, 0.25) is 0 Å². The molecule has 0 atom stereocenters. The molecule has 0 radical (unpaired) electrons. The van der Waals surface area contributed by atoms with Crippen molar-refractivity contribution in [2.24, 2.45) is 11.3 Å². The van der Waals surface area contributed by atoms with E-state index in [0.717, 1.165) is 32.6 Å². The van der Waals surface area contributed by atoms with Gasteiger partial charge in [-0.05, 0) is 56.5 Å². The molecule has 0 aromatic carbocycles. The first-order chi connectivity index (χ1) is 8.77. The van der Waals surface area contributed by atoms with Gasteiger partial charge in [0.15, 0.2) is 0 Å². The molecule has 1 aliphatic carbocycles. The average Bonchev–Trinajstić information content (AvgIpc) is 3.01. The Morgan fingerprint density at radius 3 is 2.61 bits per heavy atom. The molecule has 1 saturated carbocycles. The van der Waals surface area contributed by atoms with Gasteiger partial charge in [-0.1, -0.05) is 12.8 Å². The van der Waals surface area contributed by atoms with Gasteiger partial charge in [0.05, 0.1) is 0 Å². The predicted molar refractivity (Wildman–Crippen MR) is 72.3 cm³/mol. The molecule has 0 aromatic rings. The third-order valence-electron chi connectivity index (χ3n) is 5.39. The number of hydrogen-bond acceptors (Lipinski definition) is 2. The van der Waals surface area contributed by atoms with Crippen LogP contribution in [0.25, 0.3) is 0 Å². The molecule has 2 saturated heterocycles. The average molecular weight is 250 g/mol. The Bertz CT molecular complexity index is 304. The van der Waals surface area contributed by atoms with Crippen molar-refractivity contribution < 1.29 is 4.79 Å². The highest BCUT2D eigenvalue weighted by molar-refractivity contribution is 5.76. The molecule has 3 aliphatic rings. The molecule has 0 unspecified atom stereocenters. The van der Waals surface area contributed by atoms with Gasteiger partial charge in [-0.15, -0.1) is 0 Å². The molecule has 1 spiro atoms. The van der Waals surface area contributed by atoms with Crippen LogP contribution in [0.5, 0.6) is 0 Å². The van der Waals surface area contributed by atoms with E-state index in [0.29, 0.717) is 17.2 Å². The van der Waals surface area contributed by atoms with Crippen molar-refractivity contribution in [2.45, 2.75) is 51.4 Å². The summed E-state index contributed by atoms with van der Waals surface area (Å²) >= 11 is 0. The Labute approximate surface area is 110 Å². The van der Waals surface area contributed by atoms with Crippen LogP contribution in [-0.4, -0.2) is 37.0 Å². The number of likely N-dealkylation sites (tertiary alicyclic amines) is 1. The SMILES string of the molecule is O=C(CC1CCCC1)N1CCC2(CCNCC2)C1. The normalized spacial score (nSPS) is 28.1. The Morgan fingerprint density at radius 2 is 1.89 bits per heavy atom. The van der Waals surface area contributed by atoms with Crippen LogP contribution >= 0.6 is 0 Å². The maximum atomic E-state index is 12.3. The molecule has 3 rings (SSSR count). The molecular formula is C15H26N2O. The van der Waals surface area contributed by atoms with Gasteiger partial charge in [0.25, 0.3) is 0 Å². The second-order valence-electron chi connectivity index (χ2n) is 6.67. The van der Waals surface area contributed by atoms with E-state index in [1.807, 2.05) is 0 Å². The summed E-state index contributed by atoms with van der Waals surface area (Å²) in [5.41, 5.74) is 0.469. The molecule has 3 heteroatoms. The number of piperidine rings is 1. The van der Waals surface area contributed by atoms with E-state index in [1.165, 1.54) is 44.9 Å². The van der Waals surface area contributed by atoms with Crippen LogP contribution < -0.4 is 5.32 Å². The van der Waals surface area contributed by atoms with Gasteiger partial charge in [0.2, 0.25) is 5.91 Å². The number of hydrogen-bond donors (Lipinski definition) is 1. The lowest BCUT2D eigenvalue weighted by molar-refractivity contribution is -0.131. The molecule has 2 aliphatic heterocycles. The summed E-state index contributed by atoms with van der Waals surface area (Å²) in [6.07, 6.45) is 9.85. The van der Waals surface area contributed by atoms with Crippen molar-refractivity contribution in [1.29, 1.82) is 0 Å². The number of carbonyl (C=O) groups excluding carboxylic acids is 1. The maximum Gasteiger partial charge on any atom is 0.222 e. The topological polar surface area (TPSA) is 32.3 Å². The molecule has 3 nitrogen and oxygen atoms in total. The minimum atomic E-state index is 0.442. The quantitative estimate of drug-likeness (QED) is 0.814. The molecular weight excluding hydrogens is 224 g/mol. The van der Waals surface area contributed by atoms with E-state index in [4.69, 9.17) is 0 Å². The highest BCUT2D eigenvalue weighted by Gasteiger charge is 2.40. The summed E-state index contributed by atoms with van der Waals surface area (Å²) in [6.45, 7) is 4.35. The fraction of sp³-hybridized carbons (Fsp3) is 0.933. The lowest BCUT2D eigenvalue weighted by Gasteiger charge is -2.33. The highest BCUT2D eigenvalue weighted by Crippen LogP contribution is 2.39. The summed E-state index contributed by atoms with van der Waals surface area (Å²) in [5, 5.41) is 3.44. The number of carbonyl (C=O) groups is 1. The van der Waals surface area contributed by atoms with Crippen LogP contribution in [0.4, 0.5) is 0 Å². The van der Waals surface area contributed by atoms with Crippen LogP contribution in [0, 0.1) is 11.3 Å². The van der Waals surface area contributed by atoms with Crippen molar-refractivity contribution in [3.05, 3.63) is 0 Å². The lowest BCUT2D eigenvalue weighted by Crippen LogP contribution is -2.40. The molecule has 2 heterocycles. The molecule has 0 aromatic heterocycles. The highest BCUT2D eigenvalue weighted by atomic mass is 16.2. The molecule has 1 N–H and O–H groups in total. The summed E-state index contributed by atoms with van der Waals surface area (Å²) in [6, 6.07) is 0. The number of amides is 1. The number of rotatable bonds is 2. The molecule has 0 bridgehead atoms. The Kier molecular flexibility index (Phi) is 3.60. The molecule has 102 valence electrons. The van der Waals surface area contributed by atoms with Gasteiger partial charge in [-0.2, -0.15) is 0 Å². The first-order valence-corrected chi connectivity index (χ1v) is 7.76. The predicted octanol–water partition coefficient (Wildman–Crippen LogP) is 2.17. The van der Waals surface area contributed by atoms with E-state index >= 15 is 0 Å². The van der Waals surface area contributed by atoms with Crippen molar-refractivity contribution in [1.82, 2.24) is 10.2 Å². The first kappa shape index (κ1) is 12.5. The Morgan fingerprint density at radius 1 is 1.17 bits per heavy atom. The zero-order valence-corrected chi connectivity index (χ0v) is 11.4. The molecule has 18 heavy (non-hydrogen) atoms. The van der Waals surface area contributed by atoms with Gasteiger partial charge in [0, 0.05) is 19.5 Å². The third kappa shape index (κ3) is 2.56. The third-order valence-corrected chi connectivity index (χ3v) is 5.39. The molecule has 1 amide bonds. The van der Waals surface area contributed by atoms with E-state index < -0.39 is 0 Å². The Hall–Kier alpha value is -0.570. The maximum absolute atomic E-state index is 12.3. The van der Waals surface area contributed by atoms with Gasteiger partial charge in [-0.25, -0.2) is 0 Å². The second kappa shape index (κ2) is 5.20. The largest absolute Gasteiger partial charge is 0.342 e. The fourth-order valence-electron chi connectivity index (χ4n) is 4.10. The van der Waals surface area contributed by atoms with Crippen molar-refractivity contribution >= 4 is 5.91 Å². The summed E-state index contributed by atoms with van der Waals surface area (Å²) in [5.74, 6) is 1.14. The minimum Gasteiger partial charge on any atom is -0.342 e. The lowest BCUT2D eigenvalue weighted by atomic mass is 9.78. The summed E-state index contributed by atoms with van der Waals surface area (Å²) < 4.78 is 0. The standard InChI is InChI=1S/C15H26N2O/c18-14(11-13-3-1-2-4-13)17-10-7-15(12-17)5-8-16-9-6-15/h13,16H,1-12H2. The van der Waals surface area contributed by atoms with E-state index in [-0.39, 0.29) is 0 Å². The van der Waals surface area contributed by atoms with Crippen LogP contribution in [0.3, 0.4) is 0 Å². The monoisotopic (exact) mass is 250 g/mol. The van der Waals surface area contributed by atoms with E-state index in [2.05, 4.69) is 10.2 Å². The van der Waals surface area contributed by atoms with E-state index in [9.17, 15) is 4.79 Å². The zero-order chi connectivity index (χ0) is 12.4. The van der Waals surface area contributed by atoms with Gasteiger partial charge >= 0.3 is 0 Å².